The highest BCUT2D eigenvalue weighted by atomic mass is 19.1. The molecule has 1 aromatic carbocycles. The van der Waals surface area contributed by atoms with E-state index in [1.165, 1.54) is 22.9 Å². The maximum Gasteiger partial charge on any atom is 0.252 e. The molecule has 0 saturated carbocycles. The first-order valence-corrected chi connectivity index (χ1v) is 8.67. The minimum atomic E-state index is -0.784. The van der Waals surface area contributed by atoms with Crippen LogP contribution in [0, 0.1) is 12.7 Å². The van der Waals surface area contributed by atoms with Gasteiger partial charge < -0.3 is 10.6 Å². The molecule has 0 radical (unpaired) electrons. The molecule has 1 aliphatic rings. The van der Waals surface area contributed by atoms with Crippen molar-refractivity contribution in [1.29, 1.82) is 0 Å². The Morgan fingerprint density at radius 3 is 2.81 bits per heavy atom. The van der Waals surface area contributed by atoms with Crippen LogP contribution in [-0.4, -0.2) is 49.0 Å². The van der Waals surface area contributed by atoms with Crippen molar-refractivity contribution in [3.05, 3.63) is 48.3 Å². The number of carbonyl (C=O) groups excluding carboxylic acids is 1. The van der Waals surface area contributed by atoms with Crippen molar-refractivity contribution in [2.24, 2.45) is 0 Å². The van der Waals surface area contributed by atoms with Crippen LogP contribution in [0.5, 0.6) is 0 Å². The summed E-state index contributed by atoms with van der Waals surface area (Å²) in [6.45, 7) is 3.10. The average molecular weight is 370 g/mol. The predicted molar refractivity (Wildman–Crippen MR) is 94.8 cm³/mol. The molecule has 1 fully saturated rings. The third-order valence-electron chi connectivity index (χ3n) is 4.85. The molecule has 0 aliphatic carbocycles. The summed E-state index contributed by atoms with van der Waals surface area (Å²) in [5, 5.41) is 21.6. The monoisotopic (exact) mass is 370 g/mol. The van der Waals surface area contributed by atoms with Crippen molar-refractivity contribution in [3.63, 3.8) is 0 Å². The fourth-order valence-electron chi connectivity index (χ4n) is 3.38. The summed E-state index contributed by atoms with van der Waals surface area (Å²) in [5.41, 5.74) is -0.140. The number of amides is 1. The second-order valence-corrected chi connectivity index (χ2v) is 6.49. The summed E-state index contributed by atoms with van der Waals surface area (Å²) >= 11 is 0. The zero-order valence-corrected chi connectivity index (χ0v) is 14.8. The second kappa shape index (κ2) is 6.88. The lowest BCUT2D eigenvalue weighted by Crippen LogP contribution is -2.52. The van der Waals surface area contributed by atoms with Gasteiger partial charge in [0.05, 0.1) is 0 Å². The fraction of sp³-hybridized carbons (Fsp3) is 0.353. The fourth-order valence-corrected chi connectivity index (χ4v) is 3.38. The Bertz CT molecular complexity index is 946. The van der Waals surface area contributed by atoms with Crippen LogP contribution in [-0.2, 0) is 10.3 Å². The van der Waals surface area contributed by atoms with E-state index >= 15 is 0 Å². The highest BCUT2D eigenvalue weighted by Gasteiger charge is 2.42. The molecule has 1 saturated heterocycles. The molecule has 2 aromatic heterocycles. The van der Waals surface area contributed by atoms with Crippen molar-refractivity contribution in [1.82, 2.24) is 35.3 Å². The molecule has 10 heteroatoms. The molecule has 0 bridgehead atoms. The number of tetrazole rings is 1. The summed E-state index contributed by atoms with van der Waals surface area (Å²) in [5.74, 6) is -0.213. The first-order chi connectivity index (χ1) is 13.1. The zero-order valence-electron chi connectivity index (χ0n) is 14.8. The number of nitrogens with one attached hydrogen (secondary N) is 2. The van der Waals surface area contributed by atoms with E-state index in [0.717, 1.165) is 0 Å². The summed E-state index contributed by atoms with van der Waals surface area (Å²) in [4.78, 5) is 13.2. The SMILES string of the molecule is Cc1nnnn1-c1cc(NC(=O)C2(n3cccn3)CCNCC2)ccc1F. The number of hydrogen-bond acceptors (Lipinski definition) is 6. The highest BCUT2D eigenvalue weighted by molar-refractivity contribution is 5.97. The number of hydrogen-bond donors (Lipinski definition) is 2. The van der Waals surface area contributed by atoms with Crippen LogP contribution in [0.15, 0.2) is 36.7 Å². The van der Waals surface area contributed by atoms with Crippen LogP contribution in [0.4, 0.5) is 10.1 Å². The molecule has 0 spiro atoms. The molecule has 9 nitrogen and oxygen atoms in total. The number of carbonyl (C=O) groups is 1. The molecule has 0 atom stereocenters. The van der Waals surface area contributed by atoms with Gasteiger partial charge in [0.2, 0.25) is 0 Å². The van der Waals surface area contributed by atoms with Crippen LogP contribution >= 0.6 is 0 Å². The summed E-state index contributed by atoms with van der Waals surface area (Å²) in [7, 11) is 0. The largest absolute Gasteiger partial charge is 0.324 e. The van der Waals surface area contributed by atoms with E-state index in [4.69, 9.17) is 0 Å². The number of aryl methyl sites for hydroxylation is 1. The standard InChI is InChI=1S/C17H19FN8O/c1-12-22-23-24-26(12)15-11-13(3-4-14(15)18)21-16(27)17(5-8-19-9-6-17)25-10-2-7-20-25/h2-4,7,10-11,19H,5-6,8-9H2,1H3,(H,21,27). The average Bonchev–Trinajstić information content (AvgIpc) is 3.36. The third kappa shape index (κ3) is 3.08. The Morgan fingerprint density at radius 2 is 2.15 bits per heavy atom. The summed E-state index contributed by atoms with van der Waals surface area (Å²) < 4.78 is 17.3. The van der Waals surface area contributed by atoms with Crippen LogP contribution in [0.1, 0.15) is 18.7 Å². The first kappa shape index (κ1) is 17.3. The predicted octanol–water partition coefficient (Wildman–Crippen LogP) is 1.02. The molecular weight excluding hydrogens is 351 g/mol. The second-order valence-electron chi connectivity index (χ2n) is 6.49. The van der Waals surface area contributed by atoms with Crippen LogP contribution in [0.3, 0.4) is 0 Å². The Morgan fingerprint density at radius 1 is 1.33 bits per heavy atom. The molecule has 0 unspecified atom stereocenters. The van der Waals surface area contributed by atoms with Gasteiger partial charge in [-0.25, -0.2) is 4.39 Å². The van der Waals surface area contributed by atoms with E-state index in [0.29, 0.717) is 37.4 Å². The molecule has 2 N–H and O–H groups in total. The van der Waals surface area contributed by atoms with E-state index in [1.807, 2.05) is 0 Å². The Balaban J connectivity index is 1.65. The lowest BCUT2D eigenvalue weighted by atomic mass is 9.87. The molecule has 4 rings (SSSR count). The van der Waals surface area contributed by atoms with Crippen molar-refractivity contribution in [2.75, 3.05) is 18.4 Å². The Kier molecular flexibility index (Phi) is 4.40. The number of rotatable bonds is 4. The zero-order chi connectivity index (χ0) is 18.9. The van der Waals surface area contributed by atoms with Gasteiger partial charge in [-0.05, 0) is 67.5 Å². The van der Waals surface area contributed by atoms with Gasteiger partial charge in [0.25, 0.3) is 5.91 Å². The van der Waals surface area contributed by atoms with E-state index in [1.54, 1.807) is 30.1 Å². The quantitative estimate of drug-likeness (QED) is 0.711. The normalized spacial score (nSPS) is 16.2. The maximum absolute atomic E-state index is 14.3. The van der Waals surface area contributed by atoms with Gasteiger partial charge in [0.15, 0.2) is 5.82 Å². The molecule has 140 valence electrons. The minimum Gasteiger partial charge on any atom is -0.324 e. The summed E-state index contributed by atoms with van der Waals surface area (Å²) in [6.07, 6.45) is 4.68. The summed E-state index contributed by atoms with van der Waals surface area (Å²) in [6, 6.07) is 6.13. The van der Waals surface area contributed by atoms with Crippen molar-refractivity contribution in [3.8, 4) is 5.69 Å². The van der Waals surface area contributed by atoms with Crippen molar-refractivity contribution < 1.29 is 9.18 Å². The first-order valence-electron chi connectivity index (χ1n) is 8.67. The van der Waals surface area contributed by atoms with E-state index in [9.17, 15) is 9.18 Å². The molecular formula is C17H19FN8O. The van der Waals surface area contributed by atoms with Gasteiger partial charge in [-0.3, -0.25) is 9.48 Å². The van der Waals surface area contributed by atoms with Gasteiger partial charge >= 0.3 is 0 Å². The lowest BCUT2D eigenvalue weighted by molar-refractivity contribution is -0.126. The van der Waals surface area contributed by atoms with Crippen LogP contribution < -0.4 is 10.6 Å². The number of anilines is 1. The number of halogens is 1. The molecule has 1 aliphatic heterocycles. The number of benzene rings is 1. The van der Waals surface area contributed by atoms with Gasteiger partial charge in [-0.1, -0.05) is 0 Å². The van der Waals surface area contributed by atoms with Gasteiger partial charge in [-0.15, -0.1) is 5.10 Å². The number of aromatic nitrogens is 6. The third-order valence-corrected chi connectivity index (χ3v) is 4.85. The molecule has 3 heterocycles. The Labute approximate surface area is 154 Å². The molecule has 1 amide bonds. The maximum atomic E-state index is 14.3. The molecule has 27 heavy (non-hydrogen) atoms. The van der Waals surface area contributed by atoms with E-state index in [-0.39, 0.29) is 11.6 Å². The van der Waals surface area contributed by atoms with E-state index in [2.05, 4.69) is 31.3 Å². The smallest absolute Gasteiger partial charge is 0.252 e. The molecule has 3 aromatic rings. The topological polar surface area (TPSA) is 103 Å². The van der Waals surface area contributed by atoms with Gasteiger partial charge in [0.1, 0.15) is 17.0 Å². The van der Waals surface area contributed by atoms with Crippen molar-refractivity contribution >= 4 is 11.6 Å². The van der Waals surface area contributed by atoms with Gasteiger partial charge in [-0.2, -0.15) is 9.78 Å². The van der Waals surface area contributed by atoms with Crippen LogP contribution in [0.2, 0.25) is 0 Å². The number of nitrogens with zero attached hydrogens (tertiary/aromatic N) is 6. The Hall–Kier alpha value is -3.14. The number of piperidine rings is 1. The highest BCUT2D eigenvalue weighted by Crippen LogP contribution is 2.29. The van der Waals surface area contributed by atoms with Crippen LogP contribution in [0.25, 0.3) is 5.69 Å². The van der Waals surface area contributed by atoms with Gasteiger partial charge in [0, 0.05) is 18.1 Å². The van der Waals surface area contributed by atoms with E-state index < -0.39 is 11.4 Å². The lowest BCUT2D eigenvalue weighted by Gasteiger charge is -2.36. The minimum absolute atomic E-state index is 0.175. The van der Waals surface area contributed by atoms with Crippen molar-refractivity contribution in [2.45, 2.75) is 25.3 Å².